The smallest absolute Gasteiger partial charge is 0.229 e. The fourth-order valence-corrected chi connectivity index (χ4v) is 4.05. The number of hydrogen-bond donors (Lipinski definition) is 1. The highest BCUT2D eigenvalue weighted by Gasteiger charge is 2.32. The number of aromatic nitrogens is 1. The van der Waals surface area contributed by atoms with Gasteiger partial charge in [0.15, 0.2) is 10.2 Å². The van der Waals surface area contributed by atoms with Crippen molar-refractivity contribution in [3.63, 3.8) is 0 Å². The molecule has 0 saturated carbocycles. The Balaban J connectivity index is 1.79. The molecular weight excluding hydrogens is 308 g/mol. The fraction of sp³-hybridized carbons (Fsp3) is 0.357. The van der Waals surface area contributed by atoms with Crippen molar-refractivity contribution in [3.8, 4) is 5.75 Å². The van der Waals surface area contributed by atoms with Crippen LogP contribution in [-0.4, -0.2) is 33.4 Å². The molecule has 21 heavy (non-hydrogen) atoms. The number of carbonyl (C=O) groups is 2. The lowest BCUT2D eigenvalue weighted by molar-refractivity contribution is -0.117. The minimum Gasteiger partial charge on any atom is -0.508 e. The fourth-order valence-electron chi connectivity index (χ4n) is 2.33. The van der Waals surface area contributed by atoms with Crippen LogP contribution in [0.25, 0.3) is 10.2 Å². The third kappa shape index (κ3) is 3.03. The summed E-state index contributed by atoms with van der Waals surface area (Å²) in [4.78, 5) is 29.3. The Morgan fingerprint density at radius 2 is 2.38 bits per heavy atom. The number of benzene rings is 1. The molecule has 3 rings (SSSR count). The zero-order valence-corrected chi connectivity index (χ0v) is 13.0. The lowest BCUT2D eigenvalue weighted by atomic mass is 10.1. The summed E-state index contributed by atoms with van der Waals surface area (Å²) in [5.74, 6) is 1.10. The van der Waals surface area contributed by atoms with Crippen molar-refractivity contribution in [2.24, 2.45) is 5.92 Å². The molecule has 0 radical (unpaired) electrons. The van der Waals surface area contributed by atoms with Gasteiger partial charge in [-0.3, -0.25) is 14.5 Å². The number of nitrogens with zero attached hydrogens (tertiary/aromatic N) is 2. The molecule has 1 aromatic heterocycles. The van der Waals surface area contributed by atoms with E-state index in [1.807, 2.05) is 0 Å². The van der Waals surface area contributed by atoms with Crippen LogP contribution in [-0.2, 0) is 9.59 Å². The third-order valence-electron chi connectivity index (χ3n) is 3.32. The number of anilines is 1. The van der Waals surface area contributed by atoms with Crippen LogP contribution in [0.15, 0.2) is 18.2 Å². The number of rotatable bonds is 3. The van der Waals surface area contributed by atoms with Crippen molar-refractivity contribution >= 4 is 49.5 Å². The van der Waals surface area contributed by atoms with Gasteiger partial charge in [-0.05, 0) is 24.1 Å². The zero-order valence-electron chi connectivity index (χ0n) is 11.4. The van der Waals surface area contributed by atoms with E-state index in [-0.39, 0.29) is 22.7 Å². The largest absolute Gasteiger partial charge is 0.508 e. The first kappa shape index (κ1) is 14.3. The minimum atomic E-state index is 0.0485. The number of thiazole rings is 1. The molecule has 1 amide bonds. The second-order valence-corrected chi connectivity index (χ2v) is 7.23. The molecule has 1 atom stereocenters. The van der Waals surface area contributed by atoms with Crippen molar-refractivity contribution in [2.45, 2.75) is 13.3 Å². The van der Waals surface area contributed by atoms with Crippen LogP contribution in [0.1, 0.15) is 13.3 Å². The maximum Gasteiger partial charge on any atom is 0.229 e. The molecule has 2 heterocycles. The minimum absolute atomic E-state index is 0.0485. The van der Waals surface area contributed by atoms with Crippen molar-refractivity contribution in [1.82, 2.24) is 4.98 Å². The van der Waals surface area contributed by atoms with Crippen LogP contribution >= 0.6 is 23.1 Å². The van der Waals surface area contributed by atoms with Gasteiger partial charge in [0.2, 0.25) is 5.91 Å². The van der Waals surface area contributed by atoms with Crippen LogP contribution in [0, 0.1) is 5.92 Å². The number of fused-ring (bicyclic) bond motifs is 1. The summed E-state index contributed by atoms with van der Waals surface area (Å²) in [6.45, 7) is 2.14. The third-order valence-corrected chi connectivity index (χ3v) is 5.40. The number of phenolic OH excluding ortho intramolecular Hbond substituents is 1. The van der Waals surface area contributed by atoms with Crippen molar-refractivity contribution in [2.75, 3.05) is 17.2 Å². The molecule has 0 aliphatic carbocycles. The number of phenols is 1. The highest BCUT2D eigenvalue weighted by Crippen LogP contribution is 2.34. The van der Waals surface area contributed by atoms with Crippen LogP contribution in [0.4, 0.5) is 5.13 Å². The molecule has 5 nitrogen and oxygen atoms in total. The van der Waals surface area contributed by atoms with Crippen molar-refractivity contribution < 1.29 is 14.7 Å². The number of carbonyl (C=O) groups excluding carboxylic acids is 2. The summed E-state index contributed by atoms with van der Waals surface area (Å²) < 4.78 is 0.861. The number of hydrogen-bond acceptors (Lipinski definition) is 6. The van der Waals surface area contributed by atoms with Gasteiger partial charge in [0, 0.05) is 25.6 Å². The SMILES string of the molecule is CC(=O)SCC1CC(=O)N(c2nc3ccc(O)cc3s2)C1. The van der Waals surface area contributed by atoms with E-state index in [9.17, 15) is 14.7 Å². The van der Waals surface area contributed by atoms with E-state index in [1.54, 1.807) is 30.0 Å². The molecule has 1 saturated heterocycles. The Morgan fingerprint density at radius 1 is 1.57 bits per heavy atom. The summed E-state index contributed by atoms with van der Waals surface area (Å²) in [7, 11) is 0. The first-order valence-electron chi connectivity index (χ1n) is 6.56. The lowest BCUT2D eigenvalue weighted by Gasteiger charge is -2.12. The van der Waals surface area contributed by atoms with Crippen LogP contribution in [0.3, 0.4) is 0 Å². The van der Waals surface area contributed by atoms with Crippen molar-refractivity contribution in [3.05, 3.63) is 18.2 Å². The van der Waals surface area contributed by atoms with Gasteiger partial charge in [0.25, 0.3) is 0 Å². The van der Waals surface area contributed by atoms with E-state index >= 15 is 0 Å². The van der Waals surface area contributed by atoms with Gasteiger partial charge in [0.05, 0.1) is 10.2 Å². The molecule has 110 valence electrons. The molecule has 0 spiro atoms. The monoisotopic (exact) mass is 322 g/mol. The summed E-state index contributed by atoms with van der Waals surface area (Å²) >= 11 is 2.67. The van der Waals surface area contributed by atoms with Gasteiger partial charge in [-0.15, -0.1) is 0 Å². The zero-order chi connectivity index (χ0) is 15.0. The van der Waals surface area contributed by atoms with E-state index in [1.165, 1.54) is 23.1 Å². The Morgan fingerprint density at radius 3 is 3.14 bits per heavy atom. The van der Waals surface area contributed by atoms with E-state index in [0.717, 1.165) is 10.2 Å². The summed E-state index contributed by atoms with van der Waals surface area (Å²) in [6.07, 6.45) is 0.460. The Kier molecular flexibility index (Phi) is 3.86. The average Bonchev–Trinajstić information content (AvgIpc) is 2.99. The second kappa shape index (κ2) is 5.65. The van der Waals surface area contributed by atoms with Crippen molar-refractivity contribution in [1.29, 1.82) is 0 Å². The standard InChI is InChI=1S/C14H14N2O3S2/c1-8(17)20-7-9-4-13(19)16(6-9)14-15-11-3-2-10(18)5-12(11)21-14/h2-3,5,9,18H,4,6-7H2,1H3. The van der Waals surface area contributed by atoms with E-state index < -0.39 is 0 Å². The first-order valence-corrected chi connectivity index (χ1v) is 8.36. The molecule has 1 fully saturated rings. The summed E-state index contributed by atoms with van der Waals surface area (Å²) in [5, 5.41) is 10.2. The number of amides is 1. The topological polar surface area (TPSA) is 70.5 Å². The molecule has 1 unspecified atom stereocenters. The predicted molar refractivity (Wildman–Crippen MR) is 84.9 cm³/mol. The van der Waals surface area contributed by atoms with Crippen LogP contribution in [0.5, 0.6) is 5.75 Å². The molecule has 7 heteroatoms. The normalized spacial score (nSPS) is 18.6. The molecule has 1 aromatic carbocycles. The number of thioether (sulfide) groups is 1. The maximum atomic E-state index is 12.1. The van der Waals surface area contributed by atoms with Gasteiger partial charge in [-0.2, -0.15) is 0 Å². The second-order valence-electron chi connectivity index (χ2n) is 5.03. The molecule has 2 aromatic rings. The quantitative estimate of drug-likeness (QED) is 0.940. The van der Waals surface area contributed by atoms with Gasteiger partial charge in [-0.1, -0.05) is 23.1 Å². The highest BCUT2D eigenvalue weighted by molar-refractivity contribution is 8.13. The molecule has 0 bridgehead atoms. The van der Waals surface area contributed by atoms with E-state index in [0.29, 0.717) is 23.8 Å². The Bertz CT molecular complexity index is 713. The Labute approximate surface area is 130 Å². The van der Waals surface area contributed by atoms with Gasteiger partial charge >= 0.3 is 0 Å². The van der Waals surface area contributed by atoms with Gasteiger partial charge < -0.3 is 5.11 Å². The van der Waals surface area contributed by atoms with E-state index in [4.69, 9.17) is 0 Å². The van der Waals surface area contributed by atoms with E-state index in [2.05, 4.69) is 4.98 Å². The maximum absolute atomic E-state index is 12.1. The highest BCUT2D eigenvalue weighted by atomic mass is 32.2. The molecule has 1 aliphatic rings. The Hall–Kier alpha value is -1.60. The predicted octanol–water partition coefficient (Wildman–Crippen LogP) is 2.63. The van der Waals surface area contributed by atoms with Gasteiger partial charge in [-0.25, -0.2) is 4.98 Å². The lowest BCUT2D eigenvalue weighted by Crippen LogP contribution is -2.24. The average molecular weight is 322 g/mol. The molecule has 1 N–H and O–H groups in total. The van der Waals surface area contributed by atoms with Gasteiger partial charge in [0.1, 0.15) is 5.75 Å². The van der Waals surface area contributed by atoms with Crippen LogP contribution in [0.2, 0.25) is 0 Å². The molecule has 1 aliphatic heterocycles. The summed E-state index contributed by atoms with van der Waals surface area (Å²) in [5.41, 5.74) is 0.780. The molecular formula is C14H14N2O3S2. The summed E-state index contributed by atoms with van der Waals surface area (Å²) in [6, 6.07) is 4.98. The first-order chi connectivity index (χ1) is 10.0. The van der Waals surface area contributed by atoms with Crippen LogP contribution < -0.4 is 4.90 Å². The number of aromatic hydroxyl groups is 1.